The molecule has 0 bridgehead atoms. The zero-order valence-corrected chi connectivity index (χ0v) is 12.2. The second-order valence-corrected chi connectivity index (χ2v) is 5.72. The lowest BCUT2D eigenvalue weighted by atomic mass is 10.1. The van der Waals surface area contributed by atoms with Gasteiger partial charge in [0.2, 0.25) is 0 Å². The van der Waals surface area contributed by atoms with Crippen LogP contribution in [0.1, 0.15) is 30.8 Å². The van der Waals surface area contributed by atoms with Crippen molar-refractivity contribution in [2.45, 2.75) is 33.4 Å². The van der Waals surface area contributed by atoms with Crippen molar-refractivity contribution >= 4 is 11.6 Å². The van der Waals surface area contributed by atoms with Gasteiger partial charge in [-0.1, -0.05) is 37.6 Å². The molecular weight excluding hydrogens is 258 g/mol. The fraction of sp³-hybridized carbons (Fsp3) is 0.375. The summed E-state index contributed by atoms with van der Waals surface area (Å²) >= 11 is 5.91. The lowest BCUT2D eigenvalue weighted by Gasteiger charge is -2.14. The Kier molecular flexibility index (Phi) is 4.67. The van der Waals surface area contributed by atoms with E-state index >= 15 is 0 Å². The minimum atomic E-state index is 0.0751. The topological polar surface area (TPSA) is 25.2 Å². The normalized spacial score (nSPS) is 11.2. The highest BCUT2D eigenvalue weighted by molar-refractivity contribution is 6.30. The minimum absolute atomic E-state index is 0.0751. The monoisotopic (exact) mass is 277 g/mol. The van der Waals surface area contributed by atoms with Crippen LogP contribution in [0, 0.1) is 5.92 Å². The van der Waals surface area contributed by atoms with Crippen molar-refractivity contribution in [2.75, 3.05) is 0 Å². The van der Waals surface area contributed by atoms with Crippen LogP contribution in [0.4, 0.5) is 0 Å². The fourth-order valence-corrected chi connectivity index (χ4v) is 2.39. The zero-order valence-electron chi connectivity index (χ0n) is 11.4. The number of nitrogens with zero attached hydrogens (tertiary/aromatic N) is 1. The number of aliphatic hydroxyl groups excluding tert-OH is 1. The van der Waals surface area contributed by atoms with Crippen molar-refractivity contribution in [2.24, 2.45) is 5.92 Å². The van der Waals surface area contributed by atoms with Crippen LogP contribution in [0.25, 0.3) is 0 Å². The van der Waals surface area contributed by atoms with Crippen molar-refractivity contribution in [1.29, 1.82) is 0 Å². The molecule has 2 rings (SSSR count). The third-order valence-corrected chi connectivity index (χ3v) is 3.45. The van der Waals surface area contributed by atoms with E-state index in [1.807, 2.05) is 30.3 Å². The van der Waals surface area contributed by atoms with E-state index in [0.29, 0.717) is 5.92 Å². The van der Waals surface area contributed by atoms with Crippen molar-refractivity contribution in [3.05, 3.63) is 58.4 Å². The van der Waals surface area contributed by atoms with Crippen LogP contribution >= 0.6 is 11.6 Å². The van der Waals surface area contributed by atoms with Crippen molar-refractivity contribution in [3.8, 4) is 0 Å². The second kappa shape index (κ2) is 6.27. The maximum absolute atomic E-state index is 9.45. The zero-order chi connectivity index (χ0) is 13.8. The molecule has 19 heavy (non-hydrogen) atoms. The Balaban J connectivity index is 2.26. The van der Waals surface area contributed by atoms with Crippen LogP contribution in [-0.4, -0.2) is 9.67 Å². The largest absolute Gasteiger partial charge is 0.390 e. The van der Waals surface area contributed by atoms with E-state index in [-0.39, 0.29) is 6.61 Å². The predicted octanol–water partition coefficient (Wildman–Crippen LogP) is 3.88. The molecule has 102 valence electrons. The standard InChI is InChI=1S/C16H20ClNO/c1-12(2)9-15-7-8-16(11-19)18(15)10-13-3-5-14(17)6-4-13/h3-8,12,19H,9-11H2,1-2H3. The Morgan fingerprint density at radius 2 is 1.68 bits per heavy atom. The quantitative estimate of drug-likeness (QED) is 0.881. The van der Waals surface area contributed by atoms with E-state index < -0.39 is 0 Å². The summed E-state index contributed by atoms with van der Waals surface area (Å²) in [6, 6.07) is 12.0. The van der Waals surface area contributed by atoms with Gasteiger partial charge in [-0.3, -0.25) is 0 Å². The summed E-state index contributed by atoms with van der Waals surface area (Å²) in [5.41, 5.74) is 3.43. The molecule has 0 aliphatic carbocycles. The molecule has 0 aliphatic rings. The number of aromatic nitrogens is 1. The summed E-state index contributed by atoms with van der Waals surface area (Å²) in [7, 11) is 0. The summed E-state index contributed by atoms with van der Waals surface area (Å²) in [4.78, 5) is 0. The number of benzene rings is 1. The van der Waals surface area contributed by atoms with E-state index in [4.69, 9.17) is 11.6 Å². The summed E-state index contributed by atoms with van der Waals surface area (Å²) in [6.45, 7) is 5.27. The van der Waals surface area contributed by atoms with E-state index in [9.17, 15) is 5.11 Å². The minimum Gasteiger partial charge on any atom is -0.390 e. The smallest absolute Gasteiger partial charge is 0.0833 e. The molecule has 0 unspecified atom stereocenters. The lowest BCUT2D eigenvalue weighted by molar-refractivity contribution is 0.271. The summed E-state index contributed by atoms with van der Waals surface area (Å²) in [6.07, 6.45) is 1.02. The van der Waals surface area contributed by atoms with E-state index in [1.165, 1.54) is 11.3 Å². The molecule has 0 aliphatic heterocycles. The average molecular weight is 278 g/mol. The van der Waals surface area contributed by atoms with Gasteiger partial charge in [0.05, 0.1) is 6.61 Å². The van der Waals surface area contributed by atoms with E-state index in [2.05, 4.69) is 24.5 Å². The first kappa shape index (κ1) is 14.2. The summed E-state index contributed by atoms with van der Waals surface area (Å²) < 4.78 is 2.20. The molecule has 1 heterocycles. The first-order valence-corrected chi connectivity index (χ1v) is 7.00. The van der Waals surface area contributed by atoms with Gasteiger partial charge in [0.1, 0.15) is 0 Å². The first-order valence-electron chi connectivity index (χ1n) is 6.62. The lowest BCUT2D eigenvalue weighted by Crippen LogP contribution is -2.10. The van der Waals surface area contributed by atoms with Gasteiger partial charge in [-0.15, -0.1) is 0 Å². The first-order chi connectivity index (χ1) is 9.10. The second-order valence-electron chi connectivity index (χ2n) is 5.28. The van der Waals surface area contributed by atoms with Crippen LogP contribution in [-0.2, 0) is 19.6 Å². The Morgan fingerprint density at radius 3 is 2.26 bits per heavy atom. The molecule has 0 fully saturated rings. The maximum Gasteiger partial charge on any atom is 0.0833 e. The molecule has 1 N–H and O–H groups in total. The van der Waals surface area contributed by atoms with Gasteiger partial charge in [0, 0.05) is 23.0 Å². The summed E-state index contributed by atoms with van der Waals surface area (Å²) in [5.74, 6) is 0.602. The van der Waals surface area contributed by atoms with Crippen molar-refractivity contribution in [3.63, 3.8) is 0 Å². The molecule has 1 aromatic heterocycles. The van der Waals surface area contributed by atoms with Gasteiger partial charge in [0.15, 0.2) is 0 Å². The number of hydrogen-bond donors (Lipinski definition) is 1. The molecule has 3 heteroatoms. The van der Waals surface area contributed by atoms with Crippen LogP contribution < -0.4 is 0 Å². The molecule has 0 saturated heterocycles. The third-order valence-electron chi connectivity index (χ3n) is 3.19. The number of rotatable bonds is 5. The fourth-order valence-electron chi connectivity index (χ4n) is 2.27. The van der Waals surface area contributed by atoms with Crippen molar-refractivity contribution in [1.82, 2.24) is 4.57 Å². The highest BCUT2D eigenvalue weighted by atomic mass is 35.5. The number of aliphatic hydroxyl groups is 1. The van der Waals surface area contributed by atoms with Gasteiger partial charge in [-0.25, -0.2) is 0 Å². The van der Waals surface area contributed by atoms with Crippen LogP contribution in [0.15, 0.2) is 36.4 Å². The van der Waals surface area contributed by atoms with Crippen LogP contribution in [0.5, 0.6) is 0 Å². The Morgan fingerprint density at radius 1 is 1.05 bits per heavy atom. The molecule has 2 aromatic rings. The SMILES string of the molecule is CC(C)Cc1ccc(CO)n1Cc1ccc(Cl)cc1. The van der Waals surface area contributed by atoms with Gasteiger partial charge in [0.25, 0.3) is 0 Å². The molecular formula is C16H20ClNO. The Labute approximate surface area is 119 Å². The average Bonchev–Trinajstić information content (AvgIpc) is 2.74. The van der Waals surface area contributed by atoms with Crippen LogP contribution in [0.3, 0.4) is 0 Å². The van der Waals surface area contributed by atoms with E-state index in [1.54, 1.807) is 0 Å². The third kappa shape index (κ3) is 3.62. The van der Waals surface area contributed by atoms with Gasteiger partial charge in [-0.05, 0) is 42.2 Å². The van der Waals surface area contributed by atoms with Crippen LogP contribution in [0.2, 0.25) is 5.02 Å². The van der Waals surface area contributed by atoms with Crippen molar-refractivity contribution < 1.29 is 5.11 Å². The van der Waals surface area contributed by atoms with E-state index in [0.717, 1.165) is 23.7 Å². The molecule has 0 radical (unpaired) electrons. The predicted molar refractivity (Wildman–Crippen MR) is 79.5 cm³/mol. The molecule has 0 spiro atoms. The maximum atomic E-state index is 9.45. The van der Waals surface area contributed by atoms with Gasteiger partial charge < -0.3 is 9.67 Å². The molecule has 2 nitrogen and oxygen atoms in total. The molecule has 0 atom stereocenters. The summed E-state index contributed by atoms with van der Waals surface area (Å²) in [5, 5.41) is 10.2. The van der Waals surface area contributed by atoms with Gasteiger partial charge in [-0.2, -0.15) is 0 Å². The Hall–Kier alpha value is -1.25. The molecule has 1 aromatic carbocycles. The van der Waals surface area contributed by atoms with Gasteiger partial charge >= 0.3 is 0 Å². The highest BCUT2D eigenvalue weighted by Gasteiger charge is 2.09. The Bertz CT molecular complexity index is 528. The molecule has 0 amide bonds. The number of hydrogen-bond acceptors (Lipinski definition) is 1. The molecule has 0 saturated carbocycles. The highest BCUT2D eigenvalue weighted by Crippen LogP contribution is 2.17. The number of halogens is 1.